The maximum atomic E-state index is 5.68. The molecule has 0 atom stereocenters. The van der Waals surface area contributed by atoms with E-state index in [0.29, 0.717) is 0 Å². The second-order valence-corrected chi connectivity index (χ2v) is 5.50. The Morgan fingerprint density at radius 2 is 2.00 bits per heavy atom. The maximum absolute atomic E-state index is 5.68. The van der Waals surface area contributed by atoms with Crippen LogP contribution in [0.5, 0.6) is 5.75 Å². The van der Waals surface area contributed by atoms with Crippen LogP contribution in [0, 0.1) is 0 Å². The van der Waals surface area contributed by atoms with Gasteiger partial charge in [0.1, 0.15) is 0 Å². The SMILES string of the molecule is CCC[CH2][Sn][O]c1ccccc1. The van der Waals surface area contributed by atoms with Crippen LogP contribution in [-0.4, -0.2) is 21.6 Å². The van der Waals surface area contributed by atoms with E-state index in [1.165, 1.54) is 17.3 Å². The number of hydrogen-bond donors (Lipinski definition) is 0. The molecule has 0 aliphatic rings. The third-order valence-corrected chi connectivity index (χ3v) is 4.24. The van der Waals surface area contributed by atoms with Crippen LogP contribution in [0.1, 0.15) is 19.8 Å². The van der Waals surface area contributed by atoms with Crippen LogP contribution in [0.4, 0.5) is 0 Å². The average Bonchev–Trinajstić information content (AvgIpc) is 2.14. The standard InChI is InChI=1S/C6H6O.C4H9.Sn/c7-6-4-2-1-3-5-6;1-3-4-2;/h1-5,7H;1,3-4H2,2H3;/q;;+1/p-1. The first kappa shape index (κ1) is 9.90. The van der Waals surface area contributed by atoms with Gasteiger partial charge in [0.15, 0.2) is 0 Å². The Bertz CT molecular complexity index is 198. The summed E-state index contributed by atoms with van der Waals surface area (Å²) in [6.07, 6.45) is 2.62. The normalized spacial score (nSPS) is 9.75. The van der Waals surface area contributed by atoms with E-state index in [4.69, 9.17) is 3.07 Å². The summed E-state index contributed by atoms with van der Waals surface area (Å²) >= 11 is -0.554. The molecule has 0 bridgehead atoms. The zero-order chi connectivity index (χ0) is 8.65. The minimum atomic E-state index is -0.554. The van der Waals surface area contributed by atoms with Crippen LogP contribution in [0.2, 0.25) is 4.44 Å². The Morgan fingerprint density at radius 3 is 2.67 bits per heavy atom. The molecule has 1 nitrogen and oxygen atoms in total. The van der Waals surface area contributed by atoms with Crippen molar-refractivity contribution in [2.24, 2.45) is 0 Å². The van der Waals surface area contributed by atoms with Crippen molar-refractivity contribution in [3.8, 4) is 5.75 Å². The quantitative estimate of drug-likeness (QED) is 0.590. The van der Waals surface area contributed by atoms with Crippen molar-refractivity contribution in [3.05, 3.63) is 30.3 Å². The van der Waals surface area contributed by atoms with Crippen LogP contribution in [0.3, 0.4) is 0 Å². The molecule has 64 valence electrons. The van der Waals surface area contributed by atoms with Crippen LogP contribution < -0.4 is 3.07 Å². The van der Waals surface area contributed by atoms with Gasteiger partial charge >= 0.3 is 84.9 Å². The predicted octanol–water partition coefficient (Wildman–Crippen LogP) is 2.90. The van der Waals surface area contributed by atoms with Crippen LogP contribution in [-0.2, 0) is 0 Å². The Balaban J connectivity index is 2.16. The number of hydrogen-bond acceptors (Lipinski definition) is 1. The molecule has 0 N–H and O–H groups in total. The Hall–Kier alpha value is -0.181. The van der Waals surface area contributed by atoms with Crippen molar-refractivity contribution in [1.29, 1.82) is 0 Å². The molecule has 0 aromatic heterocycles. The van der Waals surface area contributed by atoms with Gasteiger partial charge in [0.25, 0.3) is 0 Å². The van der Waals surface area contributed by atoms with Crippen molar-refractivity contribution in [2.75, 3.05) is 0 Å². The molecule has 0 spiro atoms. The van der Waals surface area contributed by atoms with Gasteiger partial charge in [-0.15, -0.1) is 0 Å². The van der Waals surface area contributed by atoms with E-state index >= 15 is 0 Å². The number of para-hydroxylation sites is 1. The van der Waals surface area contributed by atoms with Gasteiger partial charge in [0, 0.05) is 0 Å². The van der Waals surface area contributed by atoms with E-state index in [1.54, 1.807) is 0 Å². The minimum absolute atomic E-state index is 0.554. The summed E-state index contributed by atoms with van der Waals surface area (Å²) in [5.41, 5.74) is 0. The summed E-state index contributed by atoms with van der Waals surface area (Å²) in [5, 5.41) is 0. The topological polar surface area (TPSA) is 9.23 Å². The molecule has 1 aromatic rings. The molecule has 1 rings (SSSR count). The Kier molecular flexibility index (Phi) is 5.24. The fourth-order valence-electron chi connectivity index (χ4n) is 0.872. The molecule has 0 aliphatic carbocycles. The van der Waals surface area contributed by atoms with Gasteiger partial charge in [-0.05, 0) is 0 Å². The summed E-state index contributed by atoms with van der Waals surface area (Å²) in [5.74, 6) is 1.06. The third-order valence-electron chi connectivity index (χ3n) is 1.57. The van der Waals surface area contributed by atoms with Gasteiger partial charge < -0.3 is 0 Å². The molecule has 2 radical (unpaired) electrons. The van der Waals surface area contributed by atoms with Gasteiger partial charge in [-0.1, -0.05) is 0 Å². The molecule has 0 aliphatic heterocycles. The van der Waals surface area contributed by atoms with Crippen molar-refractivity contribution < 1.29 is 3.07 Å². The number of rotatable bonds is 5. The number of unbranched alkanes of at least 4 members (excludes halogenated alkanes) is 1. The monoisotopic (exact) mass is 270 g/mol. The first-order valence-corrected chi connectivity index (χ1v) is 7.56. The van der Waals surface area contributed by atoms with Gasteiger partial charge in [-0.25, -0.2) is 0 Å². The molecule has 0 fully saturated rings. The van der Waals surface area contributed by atoms with Crippen molar-refractivity contribution in [3.63, 3.8) is 0 Å². The van der Waals surface area contributed by atoms with Crippen LogP contribution >= 0.6 is 0 Å². The summed E-state index contributed by atoms with van der Waals surface area (Å²) in [4.78, 5) is 0. The van der Waals surface area contributed by atoms with Gasteiger partial charge in [-0.3, -0.25) is 0 Å². The molecule has 0 amide bonds. The van der Waals surface area contributed by atoms with Crippen LogP contribution in [0.15, 0.2) is 30.3 Å². The summed E-state index contributed by atoms with van der Waals surface area (Å²) in [6.45, 7) is 2.22. The van der Waals surface area contributed by atoms with E-state index in [0.717, 1.165) is 5.75 Å². The average molecular weight is 269 g/mol. The summed E-state index contributed by atoms with van der Waals surface area (Å²) in [6, 6.07) is 10.1. The summed E-state index contributed by atoms with van der Waals surface area (Å²) in [7, 11) is 0. The van der Waals surface area contributed by atoms with Crippen molar-refractivity contribution >= 4 is 21.6 Å². The van der Waals surface area contributed by atoms with E-state index in [1.807, 2.05) is 30.3 Å². The molecular weight excluding hydrogens is 255 g/mol. The second kappa shape index (κ2) is 6.35. The van der Waals surface area contributed by atoms with Crippen molar-refractivity contribution in [1.82, 2.24) is 0 Å². The molecule has 0 saturated carbocycles. The van der Waals surface area contributed by atoms with E-state index in [-0.39, 0.29) is 0 Å². The van der Waals surface area contributed by atoms with E-state index in [9.17, 15) is 0 Å². The van der Waals surface area contributed by atoms with Gasteiger partial charge in [0.2, 0.25) is 0 Å². The molecular formula is C10H14OSn. The molecule has 0 heterocycles. The number of benzene rings is 1. The summed E-state index contributed by atoms with van der Waals surface area (Å²) < 4.78 is 7.01. The fraction of sp³-hybridized carbons (Fsp3) is 0.400. The molecule has 12 heavy (non-hydrogen) atoms. The van der Waals surface area contributed by atoms with E-state index < -0.39 is 21.6 Å². The first-order chi connectivity index (χ1) is 5.93. The Labute approximate surface area is 84.9 Å². The van der Waals surface area contributed by atoms with E-state index in [2.05, 4.69) is 6.92 Å². The van der Waals surface area contributed by atoms with Crippen molar-refractivity contribution in [2.45, 2.75) is 24.2 Å². The fourth-order valence-corrected chi connectivity index (χ4v) is 3.45. The second-order valence-electron chi connectivity index (χ2n) is 2.66. The van der Waals surface area contributed by atoms with Crippen LogP contribution in [0.25, 0.3) is 0 Å². The predicted molar refractivity (Wildman–Crippen MR) is 52.5 cm³/mol. The van der Waals surface area contributed by atoms with Gasteiger partial charge in [0.05, 0.1) is 0 Å². The molecule has 1 aromatic carbocycles. The molecule has 0 unspecified atom stereocenters. The van der Waals surface area contributed by atoms with Gasteiger partial charge in [-0.2, -0.15) is 0 Å². The first-order valence-electron chi connectivity index (χ1n) is 4.38. The molecule has 0 saturated heterocycles. The molecule has 2 heteroatoms. The zero-order valence-corrected chi connectivity index (χ0v) is 10.3. The third kappa shape index (κ3) is 4.00. The zero-order valence-electron chi connectivity index (χ0n) is 7.42. The Morgan fingerprint density at radius 1 is 1.25 bits per heavy atom.